The Hall–Kier alpha value is -4.32. The first-order chi connectivity index (χ1) is 25.2. The van der Waals surface area contributed by atoms with Gasteiger partial charge >= 0.3 is 11.9 Å². The first-order valence-electron chi connectivity index (χ1n) is 19.0. The van der Waals surface area contributed by atoms with Crippen molar-refractivity contribution in [3.63, 3.8) is 0 Å². The van der Waals surface area contributed by atoms with Crippen LogP contribution in [0, 0.1) is 17.8 Å². The molecule has 1 aliphatic heterocycles. The third kappa shape index (κ3) is 12.7. The summed E-state index contributed by atoms with van der Waals surface area (Å²) in [6.07, 6.45) is 3.67. The Balaban J connectivity index is 1.85. The second kappa shape index (κ2) is 20.8. The number of amides is 3. The Kier molecular flexibility index (Phi) is 16.9. The maximum absolute atomic E-state index is 14.2. The van der Waals surface area contributed by atoms with E-state index in [1.54, 1.807) is 37.1 Å². The van der Waals surface area contributed by atoms with Crippen LogP contribution in [0.25, 0.3) is 0 Å². The minimum Gasteiger partial charge on any atom is -0.469 e. The Morgan fingerprint density at radius 3 is 2.26 bits per heavy atom. The molecule has 1 aromatic carbocycles. The van der Waals surface area contributed by atoms with Crippen LogP contribution in [0.4, 0.5) is 0 Å². The van der Waals surface area contributed by atoms with Gasteiger partial charge in [-0.2, -0.15) is 0 Å². The van der Waals surface area contributed by atoms with Crippen LogP contribution in [0.15, 0.2) is 48.5 Å². The minimum atomic E-state index is -0.866. The predicted molar refractivity (Wildman–Crippen MR) is 204 cm³/mol. The van der Waals surface area contributed by atoms with Crippen molar-refractivity contribution in [2.75, 3.05) is 27.7 Å². The van der Waals surface area contributed by atoms with Crippen LogP contribution in [0.3, 0.4) is 0 Å². The molecule has 0 radical (unpaired) electrons. The van der Waals surface area contributed by atoms with E-state index in [-0.39, 0.29) is 47.8 Å². The zero-order valence-corrected chi connectivity index (χ0v) is 33.1. The van der Waals surface area contributed by atoms with Gasteiger partial charge in [0.05, 0.1) is 24.8 Å². The lowest BCUT2D eigenvalue weighted by Gasteiger charge is -2.38. The number of hydrogen-bond donors (Lipinski definition) is 2. The monoisotopic (exact) mass is 735 g/mol. The van der Waals surface area contributed by atoms with Crippen LogP contribution in [0.1, 0.15) is 108 Å². The lowest BCUT2D eigenvalue weighted by Crippen LogP contribution is -2.58. The number of carbonyl (C=O) groups excluding carboxylic acids is 5. The number of benzene rings is 1. The molecule has 0 unspecified atom stereocenters. The van der Waals surface area contributed by atoms with Crippen molar-refractivity contribution in [3.8, 4) is 0 Å². The number of esters is 2. The van der Waals surface area contributed by atoms with Crippen LogP contribution >= 0.6 is 0 Å². The molecule has 2 heterocycles. The molecule has 53 heavy (non-hydrogen) atoms. The van der Waals surface area contributed by atoms with Gasteiger partial charge in [0.25, 0.3) is 5.91 Å². The van der Waals surface area contributed by atoms with Gasteiger partial charge in [-0.15, -0.1) is 0 Å². The van der Waals surface area contributed by atoms with E-state index >= 15 is 0 Å². The normalized spacial score (nSPS) is 18.1. The van der Waals surface area contributed by atoms with Crippen molar-refractivity contribution in [2.45, 2.75) is 117 Å². The number of nitrogens with one attached hydrogen (secondary N) is 2. The maximum atomic E-state index is 14.2. The summed E-state index contributed by atoms with van der Waals surface area (Å²) >= 11 is 0. The lowest BCUT2D eigenvalue weighted by atomic mass is 9.91. The van der Waals surface area contributed by atoms with Crippen LogP contribution in [0.2, 0.25) is 0 Å². The van der Waals surface area contributed by atoms with Crippen LogP contribution < -0.4 is 10.6 Å². The van der Waals surface area contributed by atoms with E-state index < -0.39 is 42.0 Å². The molecule has 0 bridgehead atoms. The molecule has 7 atom stereocenters. The van der Waals surface area contributed by atoms with Crippen LogP contribution in [-0.2, 0) is 35.1 Å². The van der Waals surface area contributed by atoms with Gasteiger partial charge in [-0.25, -0.2) is 4.98 Å². The number of pyridine rings is 1. The molecule has 1 aliphatic rings. The number of carbonyl (C=O) groups is 5. The number of hydrogen-bond acceptors (Lipinski definition) is 9. The van der Waals surface area contributed by atoms with Crippen molar-refractivity contribution in [2.24, 2.45) is 17.8 Å². The molecule has 2 N–H and O–H groups in total. The molecular weight excluding hydrogens is 674 g/mol. The Morgan fingerprint density at radius 2 is 1.66 bits per heavy atom. The standard InChI is InChI=1S/C41H61N5O7/c1-10-27(4)37(44-39(49)34-21-14-15-22-45(34)7)40(50)46(8)35(26(2)3)25-36(53-29(6)47)32-19-16-20-33(43-32)38(48)42-31(23-28(5)41(51)52-9)24-30-17-12-11-13-18-30/h11-13,16-20,26-28,31,34-37H,10,14-15,21-25H2,1-9H3,(H,42,48)(H,44,49)/t27-,28-,31+,34+,35+,36+,37-/m0/s1. The Labute approximate surface area is 315 Å². The van der Waals surface area contributed by atoms with E-state index in [0.717, 1.165) is 31.4 Å². The fourth-order valence-electron chi connectivity index (χ4n) is 7.08. The van der Waals surface area contributed by atoms with Crippen molar-refractivity contribution in [3.05, 3.63) is 65.5 Å². The van der Waals surface area contributed by atoms with E-state index in [2.05, 4.69) is 20.5 Å². The summed E-state index contributed by atoms with van der Waals surface area (Å²) in [4.78, 5) is 74.5. The van der Waals surface area contributed by atoms with Gasteiger partial charge in [-0.3, -0.25) is 28.9 Å². The number of likely N-dealkylation sites (tertiary alicyclic amines) is 1. The first-order valence-corrected chi connectivity index (χ1v) is 19.0. The Morgan fingerprint density at radius 1 is 0.962 bits per heavy atom. The van der Waals surface area contributed by atoms with Gasteiger partial charge in [0.15, 0.2) is 0 Å². The van der Waals surface area contributed by atoms with E-state index in [0.29, 0.717) is 25.0 Å². The molecule has 1 fully saturated rings. The van der Waals surface area contributed by atoms with Crippen molar-refractivity contribution in [1.29, 1.82) is 0 Å². The fraction of sp³-hybridized carbons (Fsp3) is 0.610. The largest absolute Gasteiger partial charge is 0.469 e. The molecular formula is C41H61N5O7. The number of nitrogens with zero attached hydrogens (tertiary/aromatic N) is 3. The quantitative estimate of drug-likeness (QED) is 0.199. The summed E-state index contributed by atoms with van der Waals surface area (Å²) in [6, 6.07) is 12.9. The number of aromatic nitrogens is 1. The van der Waals surface area contributed by atoms with Gasteiger partial charge < -0.3 is 25.0 Å². The molecule has 12 heteroatoms. The molecule has 1 saturated heterocycles. The molecule has 292 valence electrons. The molecule has 0 aliphatic carbocycles. The molecule has 3 rings (SSSR count). The van der Waals surface area contributed by atoms with Gasteiger partial charge in [-0.1, -0.05) is 83.9 Å². The number of piperidine rings is 1. The van der Waals surface area contributed by atoms with Gasteiger partial charge in [-0.05, 0) is 68.8 Å². The maximum Gasteiger partial charge on any atom is 0.308 e. The summed E-state index contributed by atoms with van der Waals surface area (Å²) < 4.78 is 10.8. The van der Waals surface area contributed by atoms with Crippen LogP contribution in [0.5, 0.6) is 0 Å². The summed E-state index contributed by atoms with van der Waals surface area (Å²) in [7, 11) is 5.02. The summed E-state index contributed by atoms with van der Waals surface area (Å²) in [5.74, 6) is -2.28. The molecule has 3 amide bonds. The second-order valence-electron chi connectivity index (χ2n) is 14.9. The zero-order valence-electron chi connectivity index (χ0n) is 33.1. The van der Waals surface area contributed by atoms with Crippen molar-refractivity contribution in [1.82, 2.24) is 25.4 Å². The third-order valence-electron chi connectivity index (χ3n) is 10.5. The molecule has 12 nitrogen and oxygen atoms in total. The summed E-state index contributed by atoms with van der Waals surface area (Å²) in [5, 5.41) is 6.15. The zero-order chi connectivity index (χ0) is 39.2. The first kappa shape index (κ1) is 43.1. The lowest BCUT2D eigenvalue weighted by molar-refractivity contribution is -0.149. The van der Waals surface area contributed by atoms with Gasteiger partial charge in [0.1, 0.15) is 17.8 Å². The highest BCUT2D eigenvalue weighted by Gasteiger charge is 2.37. The average molecular weight is 736 g/mol. The number of methoxy groups -OCH3 is 1. The van der Waals surface area contributed by atoms with E-state index in [4.69, 9.17) is 9.47 Å². The average Bonchev–Trinajstić information content (AvgIpc) is 3.14. The van der Waals surface area contributed by atoms with Gasteiger partial charge in [0, 0.05) is 32.5 Å². The smallest absolute Gasteiger partial charge is 0.308 e. The van der Waals surface area contributed by atoms with Gasteiger partial charge in [0.2, 0.25) is 11.8 Å². The third-order valence-corrected chi connectivity index (χ3v) is 10.5. The number of ether oxygens (including phenoxy) is 2. The summed E-state index contributed by atoms with van der Waals surface area (Å²) in [5.41, 5.74) is 1.50. The van der Waals surface area contributed by atoms with E-state index in [1.165, 1.54) is 14.0 Å². The Bertz CT molecular complexity index is 1520. The van der Waals surface area contributed by atoms with E-state index in [9.17, 15) is 24.0 Å². The topological polar surface area (TPSA) is 147 Å². The van der Waals surface area contributed by atoms with Crippen molar-refractivity contribution >= 4 is 29.7 Å². The number of rotatable bonds is 18. The second-order valence-corrected chi connectivity index (χ2v) is 14.9. The molecule has 1 aromatic heterocycles. The molecule has 2 aromatic rings. The highest BCUT2D eigenvalue weighted by atomic mass is 16.5. The van der Waals surface area contributed by atoms with E-state index in [1.807, 2.05) is 65.1 Å². The highest BCUT2D eigenvalue weighted by Crippen LogP contribution is 2.29. The SMILES string of the molecule is CC[C@H](C)[C@H](NC(=O)[C@H]1CCCCN1C)C(=O)N(C)[C@H](C[C@@H](OC(C)=O)c1cccc(C(=O)N[C@@H](Cc2ccccc2)C[C@H](C)C(=O)OC)n1)C(C)C. The van der Waals surface area contributed by atoms with Crippen LogP contribution in [-0.4, -0.2) is 96.4 Å². The molecule has 0 saturated carbocycles. The summed E-state index contributed by atoms with van der Waals surface area (Å²) in [6.45, 7) is 11.9. The van der Waals surface area contributed by atoms with Crippen molar-refractivity contribution < 1.29 is 33.4 Å². The fourth-order valence-corrected chi connectivity index (χ4v) is 7.08. The minimum absolute atomic E-state index is 0.0539. The predicted octanol–water partition coefficient (Wildman–Crippen LogP) is 5.11. The number of likely N-dealkylation sites (N-methyl/N-ethyl adjacent to an activating group) is 2. The molecule has 0 spiro atoms. The highest BCUT2D eigenvalue weighted by molar-refractivity contribution is 5.92.